The zero-order chi connectivity index (χ0) is 14.0. The Kier molecular flexibility index (Phi) is 3.99. The Morgan fingerprint density at radius 2 is 1.74 bits per heavy atom. The second kappa shape index (κ2) is 5.36. The molecule has 0 radical (unpaired) electrons. The van der Waals surface area contributed by atoms with Crippen molar-refractivity contribution in [1.29, 1.82) is 0 Å². The molecule has 0 amide bonds. The Morgan fingerprint density at radius 1 is 1.11 bits per heavy atom. The molecule has 0 N–H and O–H groups in total. The standard InChI is InChI=1S/C13H16F4N2/c1-2-18-6-8-19(9-7-18)11-5-3-4-10(12(11)14)13(15,16)17/h3-5H,2,6-9H2,1H3. The maximum Gasteiger partial charge on any atom is 0.419 e. The van der Waals surface area contributed by atoms with Crippen LogP contribution in [-0.4, -0.2) is 37.6 Å². The predicted octanol–water partition coefficient (Wildman–Crippen LogP) is 2.99. The molecular formula is C13H16F4N2. The highest BCUT2D eigenvalue weighted by molar-refractivity contribution is 5.51. The van der Waals surface area contributed by atoms with Gasteiger partial charge in [0, 0.05) is 26.2 Å². The fourth-order valence-corrected chi connectivity index (χ4v) is 2.29. The van der Waals surface area contributed by atoms with E-state index in [2.05, 4.69) is 4.90 Å². The Labute approximate surface area is 109 Å². The van der Waals surface area contributed by atoms with Crippen molar-refractivity contribution in [2.24, 2.45) is 0 Å². The summed E-state index contributed by atoms with van der Waals surface area (Å²) in [6.07, 6.45) is -4.65. The lowest BCUT2D eigenvalue weighted by atomic mass is 10.1. The lowest BCUT2D eigenvalue weighted by Gasteiger charge is -2.35. The summed E-state index contributed by atoms with van der Waals surface area (Å²) in [5.41, 5.74) is -1.14. The highest BCUT2D eigenvalue weighted by atomic mass is 19.4. The van der Waals surface area contributed by atoms with Crippen LogP contribution in [0, 0.1) is 5.82 Å². The summed E-state index contributed by atoms with van der Waals surface area (Å²) in [7, 11) is 0. The topological polar surface area (TPSA) is 6.48 Å². The predicted molar refractivity (Wildman–Crippen MR) is 65.7 cm³/mol. The van der Waals surface area contributed by atoms with Gasteiger partial charge in [-0.3, -0.25) is 0 Å². The highest BCUT2D eigenvalue weighted by Gasteiger charge is 2.35. The Hall–Kier alpha value is -1.30. The van der Waals surface area contributed by atoms with E-state index in [1.165, 1.54) is 12.1 Å². The van der Waals surface area contributed by atoms with Gasteiger partial charge in [-0.05, 0) is 18.7 Å². The first-order chi connectivity index (χ1) is 8.93. The minimum absolute atomic E-state index is 0.0468. The summed E-state index contributed by atoms with van der Waals surface area (Å²) in [5, 5.41) is 0. The fourth-order valence-electron chi connectivity index (χ4n) is 2.29. The number of piperazine rings is 1. The molecule has 1 aliphatic heterocycles. The van der Waals surface area contributed by atoms with Crippen LogP contribution in [0.25, 0.3) is 0 Å². The van der Waals surface area contributed by atoms with Crippen molar-refractivity contribution in [3.05, 3.63) is 29.6 Å². The fraction of sp³-hybridized carbons (Fsp3) is 0.538. The molecule has 0 atom stereocenters. The molecule has 6 heteroatoms. The van der Waals surface area contributed by atoms with Crippen molar-refractivity contribution >= 4 is 5.69 Å². The quantitative estimate of drug-likeness (QED) is 0.766. The lowest BCUT2D eigenvalue weighted by molar-refractivity contribution is -0.139. The summed E-state index contributed by atoms with van der Waals surface area (Å²) in [4.78, 5) is 3.86. The molecule has 19 heavy (non-hydrogen) atoms. The van der Waals surface area contributed by atoms with Crippen molar-refractivity contribution in [2.45, 2.75) is 13.1 Å². The van der Waals surface area contributed by atoms with Gasteiger partial charge in [0.15, 0.2) is 5.82 Å². The summed E-state index contributed by atoms with van der Waals surface area (Å²) >= 11 is 0. The van der Waals surface area contributed by atoms with Crippen LogP contribution in [0.2, 0.25) is 0 Å². The van der Waals surface area contributed by atoms with Crippen LogP contribution in [0.15, 0.2) is 18.2 Å². The number of benzene rings is 1. The first-order valence-electron chi connectivity index (χ1n) is 6.26. The van der Waals surface area contributed by atoms with E-state index in [4.69, 9.17) is 0 Å². The molecule has 0 unspecified atom stereocenters. The van der Waals surface area contributed by atoms with E-state index >= 15 is 0 Å². The Bertz CT molecular complexity index is 437. The van der Waals surface area contributed by atoms with E-state index in [1.54, 1.807) is 4.90 Å². The summed E-state index contributed by atoms with van der Waals surface area (Å²) in [6, 6.07) is 3.45. The number of anilines is 1. The van der Waals surface area contributed by atoms with Gasteiger partial charge in [0.1, 0.15) is 0 Å². The van der Waals surface area contributed by atoms with Gasteiger partial charge in [0.2, 0.25) is 0 Å². The highest BCUT2D eigenvalue weighted by Crippen LogP contribution is 2.35. The van der Waals surface area contributed by atoms with E-state index in [0.29, 0.717) is 13.1 Å². The molecule has 2 nitrogen and oxygen atoms in total. The molecule has 1 saturated heterocycles. The van der Waals surface area contributed by atoms with Gasteiger partial charge in [-0.2, -0.15) is 13.2 Å². The maximum atomic E-state index is 14.0. The van der Waals surface area contributed by atoms with Crippen molar-refractivity contribution in [2.75, 3.05) is 37.6 Å². The molecule has 1 fully saturated rings. The van der Waals surface area contributed by atoms with Crippen molar-refractivity contribution in [3.63, 3.8) is 0 Å². The third kappa shape index (κ3) is 3.00. The zero-order valence-corrected chi connectivity index (χ0v) is 10.7. The van der Waals surface area contributed by atoms with E-state index in [-0.39, 0.29) is 5.69 Å². The SMILES string of the molecule is CCN1CCN(c2cccc(C(F)(F)F)c2F)CC1. The monoisotopic (exact) mass is 276 g/mol. The van der Waals surface area contributed by atoms with Crippen LogP contribution in [0.4, 0.5) is 23.2 Å². The third-order valence-electron chi connectivity index (χ3n) is 3.44. The molecule has 1 heterocycles. The van der Waals surface area contributed by atoms with E-state index < -0.39 is 17.6 Å². The summed E-state index contributed by atoms with van der Waals surface area (Å²) in [6.45, 7) is 5.51. The molecule has 0 spiro atoms. The molecule has 0 saturated carbocycles. The summed E-state index contributed by atoms with van der Waals surface area (Å²) in [5.74, 6) is -1.17. The molecule has 0 aromatic heterocycles. The minimum atomic E-state index is -4.65. The number of likely N-dealkylation sites (N-methyl/N-ethyl adjacent to an activating group) is 1. The van der Waals surface area contributed by atoms with Crippen LogP contribution >= 0.6 is 0 Å². The first kappa shape index (κ1) is 14.1. The van der Waals surface area contributed by atoms with Crippen molar-refractivity contribution < 1.29 is 17.6 Å². The Balaban J connectivity index is 2.22. The average molecular weight is 276 g/mol. The maximum absolute atomic E-state index is 14.0. The number of alkyl halides is 3. The number of nitrogens with zero attached hydrogens (tertiary/aromatic N) is 2. The molecule has 1 aromatic carbocycles. The minimum Gasteiger partial charge on any atom is -0.367 e. The molecule has 0 aliphatic carbocycles. The molecule has 2 rings (SSSR count). The second-order valence-electron chi connectivity index (χ2n) is 4.56. The van der Waals surface area contributed by atoms with Crippen LogP contribution in [0.5, 0.6) is 0 Å². The van der Waals surface area contributed by atoms with E-state index in [9.17, 15) is 17.6 Å². The van der Waals surface area contributed by atoms with Gasteiger partial charge in [-0.1, -0.05) is 13.0 Å². The molecule has 1 aromatic rings. The number of halogens is 4. The van der Waals surface area contributed by atoms with E-state index in [1.807, 2.05) is 6.92 Å². The first-order valence-corrected chi connectivity index (χ1v) is 6.26. The normalized spacial score (nSPS) is 17.8. The Morgan fingerprint density at radius 3 is 2.26 bits per heavy atom. The van der Waals surface area contributed by atoms with E-state index in [0.717, 1.165) is 25.7 Å². The molecule has 1 aliphatic rings. The van der Waals surface area contributed by atoms with Gasteiger partial charge in [0.05, 0.1) is 11.3 Å². The van der Waals surface area contributed by atoms with Crippen LogP contribution in [0.3, 0.4) is 0 Å². The van der Waals surface area contributed by atoms with Crippen LogP contribution < -0.4 is 4.90 Å². The van der Waals surface area contributed by atoms with Gasteiger partial charge >= 0.3 is 6.18 Å². The van der Waals surface area contributed by atoms with Gasteiger partial charge in [0.25, 0.3) is 0 Å². The number of hydrogen-bond acceptors (Lipinski definition) is 2. The molecular weight excluding hydrogens is 260 g/mol. The lowest BCUT2D eigenvalue weighted by Crippen LogP contribution is -2.46. The average Bonchev–Trinajstić information content (AvgIpc) is 2.38. The van der Waals surface area contributed by atoms with Crippen molar-refractivity contribution in [3.8, 4) is 0 Å². The smallest absolute Gasteiger partial charge is 0.367 e. The number of rotatable bonds is 2. The second-order valence-corrected chi connectivity index (χ2v) is 4.56. The molecule has 0 bridgehead atoms. The number of hydrogen-bond donors (Lipinski definition) is 0. The van der Waals surface area contributed by atoms with Crippen molar-refractivity contribution in [1.82, 2.24) is 4.90 Å². The van der Waals surface area contributed by atoms with Gasteiger partial charge in [-0.15, -0.1) is 0 Å². The summed E-state index contributed by atoms with van der Waals surface area (Å²) < 4.78 is 51.9. The van der Waals surface area contributed by atoms with Crippen LogP contribution in [-0.2, 0) is 6.18 Å². The van der Waals surface area contributed by atoms with Crippen LogP contribution in [0.1, 0.15) is 12.5 Å². The van der Waals surface area contributed by atoms with Gasteiger partial charge in [-0.25, -0.2) is 4.39 Å². The van der Waals surface area contributed by atoms with Gasteiger partial charge < -0.3 is 9.80 Å². The largest absolute Gasteiger partial charge is 0.419 e. The third-order valence-corrected chi connectivity index (χ3v) is 3.44. The zero-order valence-electron chi connectivity index (χ0n) is 10.7. The molecule has 106 valence electrons.